The maximum atomic E-state index is 12.9. The average molecular weight is 1020 g/mol. The summed E-state index contributed by atoms with van der Waals surface area (Å²) in [7, 11) is 0. The molecular weight excluding hydrogens is 901 g/mol. The number of hydrogen-bond donors (Lipinski definition) is 0. The van der Waals surface area contributed by atoms with Crippen molar-refractivity contribution in [2.24, 2.45) is 0 Å². The minimum Gasteiger partial charge on any atom is -0.462 e. The lowest BCUT2D eigenvalue weighted by Gasteiger charge is -2.18. The van der Waals surface area contributed by atoms with Crippen LogP contribution in [-0.4, -0.2) is 37.2 Å². The Hall–Kier alpha value is -3.67. The fourth-order valence-corrected chi connectivity index (χ4v) is 8.50. The second-order valence-corrected chi connectivity index (χ2v) is 20.2. The van der Waals surface area contributed by atoms with Gasteiger partial charge in [0.05, 0.1) is 0 Å². The summed E-state index contributed by atoms with van der Waals surface area (Å²) in [5.41, 5.74) is 0. The zero-order valence-corrected chi connectivity index (χ0v) is 47.9. The Morgan fingerprint density at radius 2 is 0.534 bits per heavy atom. The lowest BCUT2D eigenvalue weighted by atomic mass is 10.0. The van der Waals surface area contributed by atoms with Crippen molar-refractivity contribution in [1.29, 1.82) is 0 Å². The molecule has 0 N–H and O–H groups in total. The van der Waals surface area contributed by atoms with Gasteiger partial charge in [-0.3, -0.25) is 14.4 Å². The van der Waals surface area contributed by atoms with E-state index in [0.717, 1.165) is 135 Å². The fraction of sp³-hybridized carbons (Fsp3) is 0.716. The van der Waals surface area contributed by atoms with Crippen LogP contribution in [0, 0.1) is 0 Å². The monoisotopic (exact) mass is 1010 g/mol. The van der Waals surface area contributed by atoms with Gasteiger partial charge < -0.3 is 14.2 Å². The van der Waals surface area contributed by atoms with Gasteiger partial charge in [-0.05, 0) is 116 Å². The highest BCUT2D eigenvalue weighted by atomic mass is 16.6. The Morgan fingerprint density at radius 1 is 0.288 bits per heavy atom. The summed E-state index contributed by atoms with van der Waals surface area (Å²) in [6.45, 7) is 6.40. The molecule has 0 aromatic heterocycles. The highest BCUT2D eigenvalue weighted by molar-refractivity contribution is 5.71. The summed E-state index contributed by atoms with van der Waals surface area (Å²) < 4.78 is 16.9. The minimum atomic E-state index is -0.800. The third-order valence-corrected chi connectivity index (χ3v) is 13.1. The van der Waals surface area contributed by atoms with Crippen molar-refractivity contribution in [1.82, 2.24) is 0 Å². The smallest absolute Gasteiger partial charge is 0.306 e. The van der Waals surface area contributed by atoms with Crippen molar-refractivity contribution < 1.29 is 28.6 Å². The summed E-state index contributed by atoms with van der Waals surface area (Å²) in [5.74, 6) is -0.929. The van der Waals surface area contributed by atoms with Gasteiger partial charge >= 0.3 is 17.9 Å². The van der Waals surface area contributed by atoms with Gasteiger partial charge in [-0.2, -0.15) is 0 Å². The number of esters is 3. The van der Waals surface area contributed by atoms with E-state index < -0.39 is 6.10 Å². The summed E-state index contributed by atoms with van der Waals surface area (Å²) in [5, 5.41) is 0. The van der Waals surface area contributed by atoms with Crippen LogP contribution in [0.25, 0.3) is 0 Å². The molecule has 0 saturated heterocycles. The van der Waals surface area contributed by atoms with E-state index in [9.17, 15) is 14.4 Å². The van der Waals surface area contributed by atoms with Gasteiger partial charge in [0.2, 0.25) is 0 Å². The summed E-state index contributed by atoms with van der Waals surface area (Å²) in [4.78, 5) is 38.3. The molecule has 0 heterocycles. The summed E-state index contributed by atoms with van der Waals surface area (Å²) in [6, 6.07) is 0. The van der Waals surface area contributed by atoms with E-state index in [2.05, 4.69) is 118 Å². The van der Waals surface area contributed by atoms with Crippen LogP contribution in [-0.2, 0) is 28.6 Å². The summed E-state index contributed by atoms with van der Waals surface area (Å²) in [6.07, 6.45) is 81.2. The number of hydrogen-bond acceptors (Lipinski definition) is 6. The number of ether oxygens (including phenoxy) is 3. The van der Waals surface area contributed by atoms with E-state index in [-0.39, 0.29) is 31.1 Å². The topological polar surface area (TPSA) is 78.9 Å². The molecule has 0 amide bonds. The number of allylic oxidation sites excluding steroid dienone is 16. The zero-order valence-electron chi connectivity index (χ0n) is 47.9. The van der Waals surface area contributed by atoms with Gasteiger partial charge in [0.1, 0.15) is 13.2 Å². The number of carbonyl (C=O) groups is 3. The highest BCUT2D eigenvalue weighted by Gasteiger charge is 2.19. The van der Waals surface area contributed by atoms with Gasteiger partial charge in [-0.25, -0.2) is 0 Å². The maximum Gasteiger partial charge on any atom is 0.306 e. The van der Waals surface area contributed by atoms with Crippen LogP contribution in [0.5, 0.6) is 0 Å². The first-order valence-corrected chi connectivity index (χ1v) is 30.7. The molecule has 418 valence electrons. The van der Waals surface area contributed by atoms with E-state index in [1.807, 2.05) is 0 Å². The molecule has 6 nitrogen and oxygen atoms in total. The molecule has 0 fully saturated rings. The predicted octanol–water partition coefficient (Wildman–Crippen LogP) is 20.9. The molecule has 73 heavy (non-hydrogen) atoms. The van der Waals surface area contributed by atoms with Gasteiger partial charge in [-0.15, -0.1) is 0 Å². The normalized spacial score (nSPS) is 12.8. The summed E-state index contributed by atoms with van der Waals surface area (Å²) >= 11 is 0. The molecule has 0 spiro atoms. The molecule has 0 bridgehead atoms. The van der Waals surface area contributed by atoms with E-state index >= 15 is 0 Å². The molecule has 0 aliphatic carbocycles. The lowest BCUT2D eigenvalue weighted by Crippen LogP contribution is -2.30. The zero-order chi connectivity index (χ0) is 52.9. The molecular formula is C67H114O6. The molecule has 0 rings (SSSR count). The molecule has 0 aromatic rings. The quantitative estimate of drug-likeness (QED) is 0.0261. The van der Waals surface area contributed by atoms with Crippen LogP contribution in [0.3, 0.4) is 0 Å². The van der Waals surface area contributed by atoms with Crippen LogP contribution in [0.1, 0.15) is 290 Å². The van der Waals surface area contributed by atoms with Crippen molar-refractivity contribution in [2.75, 3.05) is 13.2 Å². The predicted molar refractivity (Wildman–Crippen MR) is 316 cm³/mol. The number of carbonyl (C=O) groups excluding carboxylic acids is 3. The fourth-order valence-electron chi connectivity index (χ4n) is 8.50. The Bertz CT molecular complexity index is 1440. The highest BCUT2D eigenvalue weighted by Crippen LogP contribution is 2.16. The molecule has 0 aromatic carbocycles. The third-order valence-electron chi connectivity index (χ3n) is 13.1. The Balaban J connectivity index is 4.38. The SMILES string of the molecule is CC/C=C\C/C=C\C/C=C\C/C=C\CCCCCCC(=O)OC(COC(=O)CCCCCCC/C=C\C/C=C\C/C=C\CC)COC(=O)CCCCCCCCCCCCC/C=C\CCCCCCCCCC. The Morgan fingerprint density at radius 3 is 0.849 bits per heavy atom. The first-order valence-electron chi connectivity index (χ1n) is 30.7. The second-order valence-electron chi connectivity index (χ2n) is 20.2. The maximum absolute atomic E-state index is 12.9. The van der Waals surface area contributed by atoms with Crippen molar-refractivity contribution in [3.05, 3.63) is 97.2 Å². The Kier molecular flexibility index (Phi) is 57.8. The van der Waals surface area contributed by atoms with E-state index in [4.69, 9.17) is 14.2 Å². The van der Waals surface area contributed by atoms with Gasteiger partial charge in [0, 0.05) is 19.3 Å². The number of rotatable bonds is 55. The van der Waals surface area contributed by atoms with Gasteiger partial charge in [0.25, 0.3) is 0 Å². The van der Waals surface area contributed by atoms with E-state index in [1.54, 1.807) is 0 Å². The molecule has 0 aliphatic heterocycles. The van der Waals surface area contributed by atoms with Crippen LogP contribution < -0.4 is 0 Å². The molecule has 0 saturated carbocycles. The molecule has 1 atom stereocenters. The standard InChI is InChI=1S/C67H114O6/c1-4-7-10-13-16-19-22-25-28-30-31-32-33-34-35-37-39-42-45-48-51-54-57-60-66(69)72-63-64(62-71-65(68)59-56-53-50-47-44-41-38-27-24-21-18-15-12-9-6-3)73-67(70)61-58-55-52-49-46-43-40-36-29-26-23-20-17-14-11-8-5-2/h8-9,11-12,17-18,20-21,26-27,29-31,38,40,43,64H,4-7,10,13-16,19,22-25,28,32-37,39,41-42,44-63H2,1-3H3/b11-8-,12-9-,20-17-,21-18-,29-26-,31-30-,38-27-,43-40-. The minimum absolute atomic E-state index is 0.0934. The largest absolute Gasteiger partial charge is 0.462 e. The lowest BCUT2D eigenvalue weighted by molar-refractivity contribution is -0.167. The van der Waals surface area contributed by atoms with Gasteiger partial charge in [0.15, 0.2) is 6.10 Å². The molecule has 6 heteroatoms. The molecule has 1 unspecified atom stereocenters. The van der Waals surface area contributed by atoms with Crippen LogP contribution in [0.4, 0.5) is 0 Å². The number of unbranched alkanes of at least 4 members (excludes halogenated alkanes) is 28. The third kappa shape index (κ3) is 59.1. The van der Waals surface area contributed by atoms with Crippen molar-refractivity contribution >= 4 is 17.9 Å². The van der Waals surface area contributed by atoms with Crippen LogP contribution in [0.15, 0.2) is 97.2 Å². The molecule has 0 aliphatic rings. The molecule has 0 radical (unpaired) electrons. The van der Waals surface area contributed by atoms with Crippen molar-refractivity contribution in [3.8, 4) is 0 Å². The van der Waals surface area contributed by atoms with Crippen LogP contribution in [0.2, 0.25) is 0 Å². The van der Waals surface area contributed by atoms with Crippen molar-refractivity contribution in [3.63, 3.8) is 0 Å². The Labute approximate surface area is 451 Å². The van der Waals surface area contributed by atoms with E-state index in [0.29, 0.717) is 19.3 Å². The van der Waals surface area contributed by atoms with Crippen LogP contribution >= 0.6 is 0 Å². The second kappa shape index (κ2) is 60.9. The van der Waals surface area contributed by atoms with E-state index in [1.165, 1.54) is 116 Å². The van der Waals surface area contributed by atoms with Gasteiger partial charge in [-0.1, -0.05) is 253 Å². The average Bonchev–Trinajstić information content (AvgIpc) is 3.39. The first kappa shape index (κ1) is 69.3. The van der Waals surface area contributed by atoms with Crippen molar-refractivity contribution in [2.45, 2.75) is 297 Å². The first-order chi connectivity index (χ1) is 36.0.